The molecule has 8 heteroatoms. The Morgan fingerprint density at radius 1 is 1.27 bits per heavy atom. The highest BCUT2D eigenvalue weighted by molar-refractivity contribution is 7.91. The van der Waals surface area contributed by atoms with Crippen LogP contribution in [0.4, 0.5) is 0 Å². The van der Waals surface area contributed by atoms with Gasteiger partial charge in [-0.3, -0.25) is 4.79 Å². The van der Waals surface area contributed by atoms with Crippen molar-refractivity contribution in [3.63, 3.8) is 0 Å². The van der Waals surface area contributed by atoms with Gasteiger partial charge in [0.2, 0.25) is 5.91 Å². The second kappa shape index (κ2) is 9.56. The number of aliphatic imine (C=N–C) groups is 1. The molecule has 1 aromatic rings. The van der Waals surface area contributed by atoms with Gasteiger partial charge in [-0.05, 0) is 25.8 Å². The first-order chi connectivity index (χ1) is 12.4. The molecule has 1 heterocycles. The molecule has 1 aliphatic heterocycles. The summed E-state index contributed by atoms with van der Waals surface area (Å²) < 4.78 is 23.2. The minimum Gasteiger partial charge on any atom is -0.357 e. The van der Waals surface area contributed by atoms with Crippen molar-refractivity contribution < 1.29 is 13.2 Å². The molecule has 26 heavy (non-hydrogen) atoms. The number of amides is 1. The van der Waals surface area contributed by atoms with Crippen molar-refractivity contribution in [2.45, 2.75) is 32.9 Å². The molecule has 0 radical (unpaired) electrons. The van der Waals surface area contributed by atoms with Gasteiger partial charge < -0.3 is 15.5 Å². The second-order valence-electron chi connectivity index (χ2n) is 6.33. The molecule has 0 bridgehead atoms. The minimum atomic E-state index is -2.96. The third kappa shape index (κ3) is 6.33. The van der Waals surface area contributed by atoms with Crippen molar-refractivity contribution >= 4 is 21.7 Å². The van der Waals surface area contributed by atoms with Crippen LogP contribution in [-0.2, 0) is 21.2 Å². The topological polar surface area (TPSA) is 90.9 Å². The lowest BCUT2D eigenvalue weighted by Gasteiger charge is -2.21. The van der Waals surface area contributed by atoms with Crippen molar-refractivity contribution in [3.05, 3.63) is 35.9 Å². The van der Waals surface area contributed by atoms with Crippen LogP contribution in [0, 0.1) is 0 Å². The largest absolute Gasteiger partial charge is 0.357 e. The minimum absolute atomic E-state index is 0.0233. The van der Waals surface area contributed by atoms with E-state index in [0.717, 1.165) is 5.56 Å². The van der Waals surface area contributed by atoms with Gasteiger partial charge in [0.25, 0.3) is 0 Å². The Balaban J connectivity index is 1.94. The third-order valence-electron chi connectivity index (χ3n) is 4.24. The highest BCUT2D eigenvalue weighted by atomic mass is 32.2. The third-order valence-corrected chi connectivity index (χ3v) is 6.01. The smallest absolute Gasteiger partial charge is 0.244 e. The van der Waals surface area contributed by atoms with Gasteiger partial charge in [0, 0.05) is 25.7 Å². The van der Waals surface area contributed by atoms with E-state index in [0.29, 0.717) is 32.0 Å². The number of hydrogen-bond acceptors (Lipinski definition) is 4. The molecule has 2 N–H and O–H groups in total. The summed E-state index contributed by atoms with van der Waals surface area (Å²) in [4.78, 5) is 18.6. The fraction of sp³-hybridized carbons (Fsp3) is 0.556. The first kappa shape index (κ1) is 20.2. The van der Waals surface area contributed by atoms with Crippen LogP contribution in [0.25, 0.3) is 0 Å². The number of benzene rings is 1. The first-order valence-electron chi connectivity index (χ1n) is 9.00. The number of carbonyl (C=O) groups is 1. The Kier molecular flexibility index (Phi) is 7.44. The van der Waals surface area contributed by atoms with Crippen LogP contribution in [0.2, 0.25) is 0 Å². The molecular weight excluding hydrogens is 352 g/mol. The van der Waals surface area contributed by atoms with Crippen LogP contribution in [0.3, 0.4) is 0 Å². The number of carbonyl (C=O) groups excluding carboxylic acids is 1. The van der Waals surface area contributed by atoms with E-state index in [1.165, 1.54) is 0 Å². The highest BCUT2D eigenvalue weighted by Gasteiger charge is 2.28. The van der Waals surface area contributed by atoms with E-state index in [4.69, 9.17) is 0 Å². The van der Waals surface area contributed by atoms with E-state index in [-0.39, 0.29) is 30.0 Å². The number of likely N-dealkylation sites (N-methyl/N-ethyl adjacent to an activating group) is 1. The quantitative estimate of drug-likeness (QED) is 0.539. The lowest BCUT2D eigenvalue weighted by molar-refractivity contribution is -0.130. The molecule has 0 spiro atoms. The molecule has 0 aliphatic carbocycles. The van der Waals surface area contributed by atoms with Gasteiger partial charge in [-0.15, -0.1) is 0 Å². The fourth-order valence-electron chi connectivity index (χ4n) is 2.85. The van der Waals surface area contributed by atoms with Crippen molar-refractivity contribution in [1.29, 1.82) is 0 Å². The van der Waals surface area contributed by atoms with Gasteiger partial charge in [-0.1, -0.05) is 30.3 Å². The van der Waals surface area contributed by atoms with Crippen molar-refractivity contribution in [1.82, 2.24) is 15.5 Å². The summed E-state index contributed by atoms with van der Waals surface area (Å²) in [5.74, 6) is 0.732. The van der Waals surface area contributed by atoms with Crippen molar-refractivity contribution in [3.8, 4) is 0 Å². The maximum Gasteiger partial charge on any atom is 0.244 e. The fourth-order valence-corrected chi connectivity index (χ4v) is 4.52. The van der Waals surface area contributed by atoms with Crippen LogP contribution in [0.1, 0.15) is 25.8 Å². The van der Waals surface area contributed by atoms with Gasteiger partial charge in [0.05, 0.1) is 11.5 Å². The van der Waals surface area contributed by atoms with Gasteiger partial charge in [0.1, 0.15) is 6.54 Å². The lowest BCUT2D eigenvalue weighted by Crippen LogP contribution is -2.44. The van der Waals surface area contributed by atoms with Crippen molar-refractivity contribution in [2.24, 2.45) is 4.99 Å². The zero-order valence-electron chi connectivity index (χ0n) is 15.4. The molecule has 1 unspecified atom stereocenters. The second-order valence-corrected chi connectivity index (χ2v) is 8.56. The molecule has 144 valence electrons. The maximum atomic E-state index is 12.5. The maximum absolute atomic E-state index is 12.5. The number of sulfone groups is 1. The van der Waals surface area contributed by atoms with E-state index in [1.54, 1.807) is 4.90 Å². The van der Waals surface area contributed by atoms with E-state index in [9.17, 15) is 13.2 Å². The zero-order chi connectivity index (χ0) is 19.0. The van der Waals surface area contributed by atoms with Crippen LogP contribution < -0.4 is 10.6 Å². The summed E-state index contributed by atoms with van der Waals surface area (Å²) in [6, 6.07) is 9.68. The van der Waals surface area contributed by atoms with Gasteiger partial charge in [-0.25, -0.2) is 13.4 Å². The van der Waals surface area contributed by atoms with Crippen LogP contribution >= 0.6 is 0 Å². The molecule has 1 amide bonds. The molecule has 1 atom stereocenters. The van der Waals surface area contributed by atoms with Crippen molar-refractivity contribution in [2.75, 3.05) is 31.1 Å². The summed E-state index contributed by atoms with van der Waals surface area (Å²) in [5.41, 5.74) is 1.08. The Morgan fingerprint density at radius 3 is 2.58 bits per heavy atom. The molecule has 1 saturated heterocycles. The molecule has 1 fully saturated rings. The predicted molar refractivity (Wildman–Crippen MR) is 104 cm³/mol. The summed E-state index contributed by atoms with van der Waals surface area (Å²) in [7, 11) is -2.96. The first-order valence-corrected chi connectivity index (χ1v) is 10.8. The average molecular weight is 381 g/mol. The van der Waals surface area contributed by atoms with Gasteiger partial charge >= 0.3 is 0 Å². The predicted octanol–water partition coefficient (Wildman–Crippen LogP) is 0.777. The Hall–Kier alpha value is -2.09. The summed E-state index contributed by atoms with van der Waals surface area (Å²) in [6.07, 6.45) is 0.565. The van der Waals surface area contributed by atoms with Crippen LogP contribution in [0.15, 0.2) is 35.3 Å². The highest BCUT2D eigenvalue weighted by Crippen LogP contribution is 2.11. The number of rotatable bonds is 7. The Labute approximate surface area is 155 Å². The SMILES string of the molecule is CCNC(=NCC(=O)N(CC)Cc1ccccc1)NC1CCS(=O)(=O)C1. The van der Waals surface area contributed by atoms with E-state index >= 15 is 0 Å². The normalized spacial score (nSPS) is 19.2. The van der Waals surface area contributed by atoms with E-state index in [2.05, 4.69) is 15.6 Å². The summed E-state index contributed by atoms with van der Waals surface area (Å²) in [6.45, 7) is 5.69. The van der Waals surface area contributed by atoms with Gasteiger partial charge in [-0.2, -0.15) is 0 Å². The van der Waals surface area contributed by atoms with Crippen LogP contribution in [-0.4, -0.2) is 62.4 Å². The van der Waals surface area contributed by atoms with Gasteiger partial charge in [0.15, 0.2) is 15.8 Å². The van der Waals surface area contributed by atoms with Crippen LogP contribution in [0.5, 0.6) is 0 Å². The zero-order valence-corrected chi connectivity index (χ0v) is 16.3. The standard InChI is InChI=1S/C18H28N4O3S/c1-3-19-18(21-16-10-11-26(24,25)14-16)20-12-17(23)22(4-2)13-15-8-6-5-7-9-15/h5-9,16H,3-4,10-14H2,1-2H3,(H2,19,20,21). The molecule has 7 nitrogen and oxygen atoms in total. The monoisotopic (exact) mass is 380 g/mol. The molecule has 2 rings (SSSR count). The Morgan fingerprint density at radius 2 is 2.00 bits per heavy atom. The number of hydrogen-bond donors (Lipinski definition) is 2. The van der Waals surface area contributed by atoms with E-state index in [1.807, 2.05) is 44.2 Å². The lowest BCUT2D eigenvalue weighted by atomic mass is 10.2. The number of guanidine groups is 1. The number of nitrogens with one attached hydrogen (secondary N) is 2. The van der Waals surface area contributed by atoms with E-state index < -0.39 is 9.84 Å². The summed E-state index contributed by atoms with van der Waals surface area (Å²) in [5, 5.41) is 6.20. The summed E-state index contributed by atoms with van der Waals surface area (Å²) >= 11 is 0. The molecular formula is C18H28N4O3S. The molecule has 1 aliphatic rings. The molecule has 0 saturated carbocycles. The molecule has 1 aromatic carbocycles. The number of nitrogens with zero attached hydrogens (tertiary/aromatic N) is 2. The molecule has 0 aromatic heterocycles. The Bertz CT molecular complexity index is 719. The average Bonchev–Trinajstić information content (AvgIpc) is 2.97.